The summed E-state index contributed by atoms with van der Waals surface area (Å²) >= 11 is 0. The zero-order valence-corrected chi connectivity index (χ0v) is 31.5. The Hall–Kier alpha value is -0.970. The fourth-order valence-electron chi connectivity index (χ4n) is 8.01. The largest absolute Gasteiger partial charge is 0.464 e. The van der Waals surface area contributed by atoms with Gasteiger partial charge in [-0.25, -0.2) is 0 Å². The topological polar surface area (TPSA) is 166 Å². The second-order valence-electron chi connectivity index (χ2n) is 15.8. The van der Waals surface area contributed by atoms with Crippen LogP contribution in [0.15, 0.2) is 0 Å². The molecule has 16 atom stereocenters. The Labute approximate surface area is 288 Å². The number of hydrogen-bond acceptors (Lipinski definition) is 13. The Morgan fingerprint density at radius 3 is 2.25 bits per heavy atom. The average molecular weight is 690 g/mol. The third kappa shape index (κ3) is 9.87. The molecular formula is C35H67N3O10. The summed E-state index contributed by atoms with van der Waals surface area (Å²) in [4.78, 5) is 17.7. The smallest absolute Gasteiger partial charge is 0.311 e. The molecule has 3 fully saturated rings. The molecule has 0 saturated carbocycles. The van der Waals surface area contributed by atoms with Gasteiger partial charge >= 0.3 is 5.97 Å². The molecule has 0 amide bonds. The zero-order chi connectivity index (χ0) is 36.3. The van der Waals surface area contributed by atoms with E-state index in [9.17, 15) is 20.1 Å². The van der Waals surface area contributed by atoms with Crippen molar-refractivity contribution in [3.63, 3.8) is 0 Å². The molecule has 13 nitrogen and oxygen atoms in total. The van der Waals surface area contributed by atoms with Gasteiger partial charge in [0.05, 0.1) is 41.5 Å². The molecule has 3 rings (SSSR count). The number of nitrogens with zero attached hydrogens (tertiary/aromatic N) is 2. The molecule has 3 aliphatic rings. The fourth-order valence-corrected chi connectivity index (χ4v) is 8.01. The first kappa shape index (κ1) is 41.5. The molecule has 13 heteroatoms. The van der Waals surface area contributed by atoms with Crippen molar-refractivity contribution in [1.82, 2.24) is 9.80 Å². The minimum atomic E-state index is -1.50. The molecule has 0 radical (unpaired) electrons. The summed E-state index contributed by atoms with van der Waals surface area (Å²) < 4.78 is 37.2. The average Bonchev–Trinajstić information content (AvgIpc) is 3.00. The SMILES string of the molecule is CO[C@]1(C)C[C@H](O[C@H]2[C@H](C)[C@@H](O[C@@H]3O[C@H](C)C[C@H](N(C)C)[C@H]3O)[C@@](C)(O)C[C@@H](C)[C@H](N)[C@H](C)CN(C)CCOC(=O)[C@@H]2C)O[C@@H](C)[C@@H]1O. The minimum Gasteiger partial charge on any atom is -0.464 e. The first-order chi connectivity index (χ1) is 22.2. The first-order valence-corrected chi connectivity index (χ1v) is 17.7. The van der Waals surface area contributed by atoms with E-state index in [4.69, 9.17) is 34.2 Å². The maximum atomic E-state index is 13.7. The molecule has 48 heavy (non-hydrogen) atoms. The third-order valence-electron chi connectivity index (χ3n) is 11.2. The molecule has 0 aromatic rings. The zero-order valence-electron chi connectivity index (χ0n) is 31.5. The number of esters is 1. The van der Waals surface area contributed by atoms with Crippen molar-refractivity contribution in [3.8, 4) is 0 Å². The van der Waals surface area contributed by atoms with Crippen LogP contribution in [0.5, 0.6) is 0 Å². The molecular weight excluding hydrogens is 622 g/mol. The molecule has 0 spiro atoms. The van der Waals surface area contributed by atoms with E-state index in [2.05, 4.69) is 11.8 Å². The summed E-state index contributed by atoms with van der Waals surface area (Å²) in [6.45, 7) is 16.3. The van der Waals surface area contributed by atoms with E-state index in [0.717, 1.165) is 0 Å². The standard InChI is InChI=1S/C35H67N3O10/c1-19-16-34(7,42)31(48-33-28(39)25(37(9)10)15-21(3)45-33)22(4)29(47-26-17-35(8,43-12)30(40)24(6)46-26)23(5)32(41)44-14-13-38(11)18-20(2)27(19)36/h19-31,33,39-40,42H,13-18,36H2,1-12H3/t19-,20-,21-,22+,23-,24+,25+,26+,27+,28-,29+,30+,31-,33+,34+,35-/m1/s1. The van der Waals surface area contributed by atoms with Crippen LogP contribution in [0.3, 0.4) is 0 Å². The van der Waals surface area contributed by atoms with E-state index in [1.165, 1.54) is 7.11 Å². The lowest BCUT2D eigenvalue weighted by Crippen LogP contribution is -2.60. The first-order valence-electron chi connectivity index (χ1n) is 17.7. The number of cyclic esters (lactones) is 1. The third-order valence-corrected chi connectivity index (χ3v) is 11.2. The highest BCUT2D eigenvalue weighted by atomic mass is 16.7. The van der Waals surface area contributed by atoms with Crippen LogP contribution in [0.4, 0.5) is 0 Å². The Morgan fingerprint density at radius 2 is 1.65 bits per heavy atom. The van der Waals surface area contributed by atoms with Gasteiger partial charge in [0.15, 0.2) is 12.6 Å². The van der Waals surface area contributed by atoms with Crippen LogP contribution in [0.2, 0.25) is 0 Å². The number of hydrogen-bond donors (Lipinski definition) is 4. The number of likely N-dealkylation sites (N-methyl/N-ethyl adjacent to an activating group) is 2. The van der Waals surface area contributed by atoms with Gasteiger partial charge in [-0.2, -0.15) is 0 Å². The Kier molecular flexibility index (Phi) is 14.7. The van der Waals surface area contributed by atoms with E-state index in [1.54, 1.807) is 27.7 Å². The lowest BCUT2D eigenvalue weighted by Gasteiger charge is -2.49. The van der Waals surface area contributed by atoms with Crippen LogP contribution >= 0.6 is 0 Å². The summed E-state index contributed by atoms with van der Waals surface area (Å²) in [5, 5.41) is 34.7. The number of methoxy groups -OCH3 is 1. The Balaban J connectivity index is 2.09. The van der Waals surface area contributed by atoms with Crippen molar-refractivity contribution in [1.29, 1.82) is 0 Å². The maximum absolute atomic E-state index is 13.7. The van der Waals surface area contributed by atoms with Gasteiger partial charge in [-0.1, -0.05) is 20.8 Å². The van der Waals surface area contributed by atoms with Crippen molar-refractivity contribution >= 4 is 5.97 Å². The molecule has 0 unspecified atom stereocenters. The molecule has 0 aromatic heterocycles. The maximum Gasteiger partial charge on any atom is 0.311 e. The monoisotopic (exact) mass is 689 g/mol. The van der Waals surface area contributed by atoms with Crippen molar-refractivity contribution < 1.29 is 48.5 Å². The molecule has 5 N–H and O–H groups in total. The fraction of sp³-hybridized carbons (Fsp3) is 0.971. The normalized spacial score (nSPS) is 48.1. The van der Waals surface area contributed by atoms with Crippen LogP contribution in [0.1, 0.15) is 74.7 Å². The van der Waals surface area contributed by atoms with Gasteiger partial charge in [0.2, 0.25) is 0 Å². The van der Waals surface area contributed by atoms with Crippen LogP contribution in [-0.4, -0.2) is 152 Å². The summed E-state index contributed by atoms with van der Waals surface area (Å²) in [7, 11) is 7.31. The minimum absolute atomic E-state index is 0.0921. The predicted molar refractivity (Wildman–Crippen MR) is 181 cm³/mol. The number of rotatable bonds is 6. The van der Waals surface area contributed by atoms with Crippen molar-refractivity contribution in [2.24, 2.45) is 29.4 Å². The van der Waals surface area contributed by atoms with Crippen molar-refractivity contribution in [2.45, 2.75) is 147 Å². The number of aliphatic hydroxyl groups excluding tert-OH is 2. The molecule has 0 aromatic carbocycles. The molecule has 282 valence electrons. The number of carbonyl (C=O) groups excluding carboxylic acids is 1. The lowest BCUT2D eigenvalue weighted by atomic mass is 9.75. The quantitative estimate of drug-likeness (QED) is 0.298. The molecule has 0 bridgehead atoms. The highest BCUT2D eigenvalue weighted by Crippen LogP contribution is 2.39. The number of aliphatic hydroxyl groups is 3. The van der Waals surface area contributed by atoms with Gasteiger partial charge in [-0.15, -0.1) is 0 Å². The van der Waals surface area contributed by atoms with Gasteiger partial charge in [0, 0.05) is 44.6 Å². The van der Waals surface area contributed by atoms with Crippen LogP contribution < -0.4 is 5.73 Å². The van der Waals surface area contributed by atoms with Gasteiger partial charge in [0.1, 0.15) is 18.8 Å². The highest BCUT2D eigenvalue weighted by Gasteiger charge is 2.51. The van der Waals surface area contributed by atoms with Crippen LogP contribution in [0, 0.1) is 23.7 Å². The van der Waals surface area contributed by atoms with Gasteiger partial charge in [0.25, 0.3) is 0 Å². The number of ether oxygens (including phenoxy) is 6. The van der Waals surface area contributed by atoms with E-state index in [0.29, 0.717) is 19.5 Å². The summed E-state index contributed by atoms with van der Waals surface area (Å²) in [5.74, 6) is -1.93. The number of carbonyl (C=O) groups is 1. The predicted octanol–water partition coefficient (Wildman–Crippen LogP) is 1.59. The van der Waals surface area contributed by atoms with Crippen LogP contribution in [0.25, 0.3) is 0 Å². The summed E-state index contributed by atoms with van der Waals surface area (Å²) in [6.07, 6.45) is -5.40. The van der Waals surface area contributed by atoms with E-state index in [-0.39, 0.29) is 49.5 Å². The van der Waals surface area contributed by atoms with Crippen molar-refractivity contribution in [2.75, 3.05) is 47.9 Å². The second kappa shape index (κ2) is 17.0. The second-order valence-corrected chi connectivity index (χ2v) is 15.8. The Bertz CT molecular complexity index is 1020. The van der Waals surface area contributed by atoms with Gasteiger partial charge in [-0.3, -0.25) is 4.79 Å². The molecule has 3 saturated heterocycles. The summed E-state index contributed by atoms with van der Waals surface area (Å²) in [5.41, 5.74) is 4.34. The molecule has 3 heterocycles. The van der Waals surface area contributed by atoms with E-state index < -0.39 is 72.1 Å². The number of nitrogens with two attached hydrogens (primary N) is 1. The van der Waals surface area contributed by atoms with E-state index >= 15 is 0 Å². The summed E-state index contributed by atoms with van der Waals surface area (Å²) in [6, 6.07) is -0.471. The molecule has 3 aliphatic heterocycles. The molecule has 0 aliphatic carbocycles. The van der Waals surface area contributed by atoms with Gasteiger partial charge in [-0.05, 0) is 80.4 Å². The van der Waals surface area contributed by atoms with Gasteiger partial charge < -0.3 is 59.3 Å². The lowest BCUT2D eigenvalue weighted by molar-refractivity contribution is -0.317. The Morgan fingerprint density at radius 1 is 1.00 bits per heavy atom. The van der Waals surface area contributed by atoms with Crippen LogP contribution in [-0.2, 0) is 33.2 Å². The highest BCUT2D eigenvalue weighted by molar-refractivity contribution is 5.72. The van der Waals surface area contributed by atoms with Crippen molar-refractivity contribution in [3.05, 3.63) is 0 Å². The van der Waals surface area contributed by atoms with E-state index in [1.807, 2.05) is 46.8 Å².